The maximum absolute atomic E-state index is 13.4. The monoisotopic (exact) mass is 554 g/mol. The number of nitrogens with one attached hydrogen (secondary N) is 1. The molecule has 4 aromatic rings. The van der Waals surface area contributed by atoms with Gasteiger partial charge in [-0.15, -0.1) is 21.5 Å². The molecule has 0 aliphatic rings. The summed E-state index contributed by atoms with van der Waals surface area (Å²) >= 11 is 2.44. The van der Waals surface area contributed by atoms with Crippen molar-refractivity contribution in [2.24, 2.45) is 0 Å². The number of thiophene rings is 1. The number of carbonyl (C=O) groups is 2. The van der Waals surface area contributed by atoms with Crippen LogP contribution in [0.1, 0.15) is 34.2 Å². The number of aryl methyl sites for hydroxylation is 2. The summed E-state index contributed by atoms with van der Waals surface area (Å²) in [6.07, 6.45) is 0. The molecule has 38 heavy (non-hydrogen) atoms. The number of ether oxygens (including phenoxy) is 2. The second kappa shape index (κ2) is 12.2. The largest absolute Gasteiger partial charge is 0.485 e. The van der Waals surface area contributed by atoms with Gasteiger partial charge in [-0.05, 0) is 50.1 Å². The molecule has 0 aliphatic heterocycles. The van der Waals surface area contributed by atoms with Gasteiger partial charge in [-0.3, -0.25) is 4.79 Å². The number of halogens is 1. The summed E-state index contributed by atoms with van der Waals surface area (Å²) in [7, 11) is 1.27. The van der Waals surface area contributed by atoms with Crippen LogP contribution in [-0.4, -0.2) is 39.5 Å². The summed E-state index contributed by atoms with van der Waals surface area (Å²) in [5.74, 6) is 0.214. The molecule has 2 heterocycles. The van der Waals surface area contributed by atoms with E-state index >= 15 is 0 Å². The normalized spacial score (nSPS) is 10.9. The number of anilines is 1. The van der Waals surface area contributed by atoms with E-state index < -0.39 is 5.97 Å². The number of hydrogen-bond acceptors (Lipinski definition) is 8. The maximum atomic E-state index is 13.4. The van der Waals surface area contributed by atoms with Crippen LogP contribution < -0.4 is 10.1 Å². The van der Waals surface area contributed by atoms with Crippen molar-refractivity contribution in [3.05, 3.63) is 76.2 Å². The number of esters is 1. The minimum Gasteiger partial charge on any atom is -0.485 e. The number of hydrogen-bond donors (Lipinski definition) is 1. The van der Waals surface area contributed by atoms with Crippen LogP contribution in [0.15, 0.2) is 53.0 Å². The van der Waals surface area contributed by atoms with Crippen LogP contribution in [0.3, 0.4) is 0 Å². The first-order valence-electron chi connectivity index (χ1n) is 11.8. The van der Waals surface area contributed by atoms with Gasteiger partial charge in [-0.1, -0.05) is 41.6 Å². The first kappa shape index (κ1) is 27.3. The molecule has 0 saturated carbocycles. The lowest BCUT2D eigenvalue weighted by Crippen LogP contribution is -2.16. The van der Waals surface area contributed by atoms with E-state index in [0.717, 1.165) is 16.9 Å². The lowest BCUT2D eigenvalue weighted by Gasteiger charge is -2.11. The highest BCUT2D eigenvalue weighted by Crippen LogP contribution is 2.36. The Balaban J connectivity index is 1.43. The fourth-order valence-electron chi connectivity index (χ4n) is 3.84. The average Bonchev–Trinajstić information content (AvgIpc) is 3.50. The molecular weight excluding hydrogens is 527 g/mol. The van der Waals surface area contributed by atoms with Gasteiger partial charge >= 0.3 is 5.97 Å². The third-order valence-electron chi connectivity index (χ3n) is 5.72. The zero-order valence-corrected chi connectivity index (χ0v) is 23.0. The van der Waals surface area contributed by atoms with E-state index in [4.69, 9.17) is 9.47 Å². The molecular formula is C27H27FN4O4S2. The van der Waals surface area contributed by atoms with Gasteiger partial charge in [0.15, 0.2) is 11.0 Å². The third-order valence-corrected chi connectivity index (χ3v) is 7.58. The molecule has 2 aromatic carbocycles. The summed E-state index contributed by atoms with van der Waals surface area (Å²) in [5.41, 5.74) is 3.64. The van der Waals surface area contributed by atoms with Crippen molar-refractivity contribution in [2.75, 3.05) is 18.2 Å². The molecule has 2 aromatic heterocycles. The number of aromatic nitrogens is 3. The zero-order chi connectivity index (χ0) is 27.2. The summed E-state index contributed by atoms with van der Waals surface area (Å²) in [6, 6.07) is 11.8. The van der Waals surface area contributed by atoms with Crippen molar-refractivity contribution in [1.29, 1.82) is 0 Å². The number of benzene rings is 2. The van der Waals surface area contributed by atoms with Crippen LogP contribution in [0, 0.1) is 19.7 Å². The molecule has 0 unspecified atom stereocenters. The molecule has 0 spiro atoms. The van der Waals surface area contributed by atoms with Gasteiger partial charge in [0, 0.05) is 17.5 Å². The molecule has 11 heteroatoms. The van der Waals surface area contributed by atoms with Gasteiger partial charge in [-0.25, -0.2) is 9.18 Å². The SMILES string of the molecule is CCn1c(COc2ccc(C)cc2C)nnc1SCC(=O)Nc1scc(-c2ccc(F)cc2)c1C(=O)OC. The Kier molecular flexibility index (Phi) is 8.80. The van der Waals surface area contributed by atoms with Crippen LogP contribution in [0.25, 0.3) is 11.1 Å². The fourth-order valence-corrected chi connectivity index (χ4v) is 5.64. The predicted octanol–water partition coefficient (Wildman–Crippen LogP) is 5.88. The van der Waals surface area contributed by atoms with Gasteiger partial charge < -0.3 is 19.4 Å². The Morgan fingerprint density at radius 1 is 1.13 bits per heavy atom. The van der Waals surface area contributed by atoms with Gasteiger partial charge in [0.2, 0.25) is 5.91 Å². The minimum absolute atomic E-state index is 0.0560. The summed E-state index contributed by atoms with van der Waals surface area (Å²) < 4.78 is 26.2. The quantitative estimate of drug-likeness (QED) is 0.193. The van der Waals surface area contributed by atoms with Crippen LogP contribution in [0.5, 0.6) is 5.75 Å². The summed E-state index contributed by atoms with van der Waals surface area (Å²) in [5, 5.41) is 14.0. The second-order valence-corrected chi connectivity index (χ2v) is 10.2. The van der Waals surface area contributed by atoms with E-state index in [1.165, 1.54) is 42.3 Å². The smallest absolute Gasteiger partial charge is 0.341 e. The first-order chi connectivity index (χ1) is 18.3. The van der Waals surface area contributed by atoms with E-state index in [2.05, 4.69) is 21.6 Å². The molecule has 0 bridgehead atoms. The highest BCUT2D eigenvalue weighted by molar-refractivity contribution is 7.99. The van der Waals surface area contributed by atoms with Crippen molar-refractivity contribution in [3.8, 4) is 16.9 Å². The highest BCUT2D eigenvalue weighted by Gasteiger charge is 2.23. The molecule has 0 saturated heterocycles. The molecule has 8 nitrogen and oxygen atoms in total. The third kappa shape index (κ3) is 6.22. The summed E-state index contributed by atoms with van der Waals surface area (Å²) in [6.45, 7) is 6.86. The highest BCUT2D eigenvalue weighted by atomic mass is 32.2. The van der Waals surface area contributed by atoms with E-state index in [0.29, 0.717) is 33.7 Å². The molecule has 0 radical (unpaired) electrons. The Bertz CT molecular complexity index is 1450. The van der Waals surface area contributed by atoms with Gasteiger partial charge in [0.1, 0.15) is 28.7 Å². The Morgan fingerprint density at radius 2 is 1.89 bits per heavy atom. The van der Waals surface area contributed by atoms with E-state index in [-0.39, 0.29) is 29.6 Å². The van der Waals surface area contributed by atoms with Gasteiger partial charge in [0.05, 0.1) is 12.9 Å². The number of methoxy groups -OCH3 is 1. The summed E-state index contributed by atoms with van der Waals surface area (Å²) in [4.78, 5) is 25.3. The molecule has 0 fully saturated rings. The number of carbonyl (C=O) groups excluding carboxylic acids is 2. The van der Waals surface area contributed by atoms with E-state index in [1.807, 2.05) is 37.5 Å². The van der Waals surface area contributed by atoms with Crippen molar-refractivity contribution in [1.82, 2.24) is 14.8 Å². The molecule has 4 rings (SSSR count). The van der Waals surface area contributed by atoms with Crippen molar-refractivity contribution in [3.63, 3.8) is 0 Å². The lowest BCUT2D eigenvalue weighted by atomic mass is 10.0. The van der Waals surface area contributed by atoms with Crippen LogP contribution >= 0.6 is 23.1 Å². The number of rotatable bonds is 10. The number of nitrogens with zero attached hydrogens (tertiary/aromatic N) is 3. The standard InChI is InChI=1S/C27H27FN4O4S2/c1-5-32-22(13-36-21-11-6-16(2)12-17(21)3)30-31-27(32)38-15-23(33)29-25-24(26(34)35-4)20(14-37-25)18-7-9-19(28)10-8-18/h6-12,14H,5,13,15H2,1-4H3,(H,29,33). The second-order valence-electron chi connectivity index (χ2n) is 8.39. The fraction of sp³-hybridized carbons (Fsp3) is 0.259. The molecule has 1 amide bonds. The van der Waals surface area contributed by atoms with Crippen LogP contribution in [-0.2, 0) is 22.7 Å². The van der Waals surface area contributed by atoms with Gasteiger partial charge in [0.25, 0.3) is 0 Å². The minimum atomic E-state index is -0.590. The number of thioether (sulfide) groups is 1. The Morgan fingerprint density at radius 3 is 2.58 bits per heavy atom. The Hall–Kier alpha value is -3.70. The van der Waals surface area contributed by atoms with E-state index in [1.54, 1.807) is 17.5 Å². The topological polar surface area (TPSA) is 95.3 Å². The van der Waals surface area contributed by atoms with Crippen LogP contribution in [0.4, 0.5) is 9.39 Å². The van der Waals surface area contributed by atoms with E-state index in [9.17, 15) is 14.0 Å². The number of amides is 1. The lowest BCUT2D eigenvalue weighted by molar-refractivity contribution is -0.113. The first-order valence-corrected chi connectivity index (χ1v) is 13.7. The molecule has 198 valence electrons. The zero-order valence-electron chi connectivity index (χ0n) is 21.4. The van der Waals surface area contributed by atoms with Crippen molar-refractivity contribution >= 4 is 40.0 Å². The van der Waals surface area contributed by atoms with Crippen molar-refractivity contribution < 1.29 is 23.5 Å². The van der Waals surface area contributed by atoms with Crippen LogP contribution in [0.2, 0.25) is 0 Å². The molecule has 0 aliphatic carbocycles. The Labute approximate surface area is 228 Å². The van der Waals surface area contributed by atoms with Gasteiger partial charge in [-0.2, -0.15) is 0 Å². The van der Waals surface area contributed by atoms with Crippen molar-refractivity contribution in [2.45, 2.75) is 39.1 Å². The molecule has 1 N–H and O–H groups in total. The maximum Gasteiger partial charge on any atom is 0.341 e. The predicted molar refractivity (Wildman–Crippen MR) is 146 cm³/mol. The average molecular weight is 555 g/mol. The molecule has 0 atom stereocenters.